The fraction of sp³-hybridized carbons (Fsp3) is 0.462. The third kappa shape index (κ3) is 5.84. The van der Waals surface area contributed by atoms with E-state index in [0.29, 0.717) is 11.4 Å². The number of hydrogen-bond acceptors (Lipinski definition) is 3. The Morgan fingerprint density at radius 3 is 2.79 bits per heavy atom. The molecule has 4 nitrogen and oxygen atoms in total. The molecule has 0 heterocycles. The molecule has 3 N–H and O–H groups in total. The van der Waals surface area contributed by atoms with Crippen molar-refractivity contribution in [2.75, 3.05) is 23.9 Å². The number of aliphatic hydroxyl groups is 1. The lowest BCUT2D eigenvalue weighted by molar-refractivity contribution is 0.0876. The quantitative estimate of drug-likeness (QED) is 0.767. The van der Waals surface area contributed by atoms with Gasteiger partial charge in [-0.3, -0.25) is 0 Å². The molecule has 1 aromatic rings. The van der Waals surface area contributed by atoms with E-state index in [1.165, 1.54) is 11.8 Å². The largest absolute Gasteiger partial charge is 0.387 e. The van der Waals surface area contributed by atoms with E-state index in [0.717, 1.165) is 10.0 Å². The van der Waals surface area contributed by atoms with Gasteiger partial charge in [0.2, 0.25) is 0 Å². The van der Waals surface area contributed by atoms with Crippen LogP contribution >= 0.6 is 27.7 Å². The lowest BCUT2D eigenvalue weighted by atomic mass is 10.1. The van der Waals surface area contributed by atoms with Crippen LogP contribution in [0.2, 0.25) is 0 Å². The summed E-state index contributed by atoms with van der Waals surface area (Å²) < 4.78 is 0.832. The summed E-state index contributed by atoms with van der Waals surface area (Å²) in [5.74, 6) is 0.571. The predicted octanol–water partition coefficient (Wildman–Crippen LogP) is 2.99. The molecule has 0 bridgehead atoms. The summed E-state index contributed by atoms with van der Waals surface area (Å²) in [6.45, 7) is 3.89. The minimum absolute atomic E-state index is 0.211. The number of halogens is 1. The van der Waals surface area contributed by atoms with E-state index in [1.54, 1.807) is 6.92 Å². The number of anilines is 1. The van der Waals surface area contributed by atoms with Crippen LogP contribution in [0.25, 0.3) is 0 Å². The molecule has 1 rings (SSSR count). The Morgan fingerprint density at radius 1 is 1.53 bits per heavy atom. The second kappa shape index (κ2) is 7.17. The monoisotopic (exact) mass is 346 g/mol. The number of hydrogen-bond donors (Lipinski definition) is 3. The van der Waals surface area contributed by atoms with E-state index >= 15 is 0 Å². The number of urea groups is 1. The van der Waals surface area contributed by atoms with Gasteiger partial charge < -0.3 is 15.7 Å². The molecule has 1 aromatic carbocycles. The fourth-order valence-electron chi connectivity index (χ4n) is 1.52. The van der Waals surface area contributed by atoms with Gasteiger partial charge in [-0.05, 0) is 53.7 Å². The zero-order valence-corrected chi connectivity index (χ0v) is 13.7. The van der Waals surface area contributed by atoms with Crippen LogP contribution in [0.3, 0.4) is 0 Å². The highest BCUT2D eigenvalue weighted by atomic mass is 79.9. The summed E-state index contributed by atoms with van der Waals surface area (Å²) in [5.41, 5.74) is 0.912. The van der Waals surface area contributed by atoms with Gasteiger partial charge in [-0.1, -0.05) is 6.07 Å². The van der Waals surface area contributed by atoms with Gasteiger partial charge in [-0.25, -0.2) is 4.79 Å². The minimum atomic E-state index is -0.902. The molecule has 0 radical (unpaired) electrons. The highest BCUT2D eigenvalue weighted by molar-refractivity contribution is 9.10. The maximum atomic E-state index is 11.7. The lowest BCUT2D eigenvalue weighted by Gasteiger charge is -2.22. The lowest BCUT2D eigenvalue weighted by Crippen LogP contribution is -2.43. The van der Waals surface area contributed by atoms with Gasteiger partial charge in [0.25, 0.3) is 0 Å². The Kier molecular flexibility index (Phi) is 6.16. The number of thioether (sulfide) groups is 1. The molecule has 0 aliphatic rings. The van der Waals surface area contributed by atoms with Gasteiger partial charge in [0.1, 0.15) is 0 Å². The molecule has 0 saturated carbocycles. The Balaban J connectivity index is 2.52. The molecule has 1 atom stereocenters. The third-order valence-electron chi connectivity index (χ3n) is 2.46. The van der Waals surface area contributed by atoms with E-state index in [4.69, 9.17) is 0 Å². The van der Waals surface area contributed by atoms with Crippen LogP contribution in [0.4, 0.5) is 10.5 Å². The number of amides is 2. The van der Waals surface area contributed by atoms with Gasteiger partial charge in [0, 0.05) is 16.8 Å². The molecule has 106 valence electrons. The van der Waals surface area contributed by atoms with Crippen molar-refractivity contribution in [2.24, 2.45) is 0 Å². The second-order valence-corrected chi connectivity index (χ2v) is 6.44. The molecule has 0 aromatic heterocycles. The number of carbonyl (C=O) groups excluding carboxylic acids is 1. The third-order valence-corrected chi connectivity index (χ3v) is 4.02. The summed E-state index contributed by atoms with van der Waals surface area (Å²) in [4.78, 5) is 11.7. The maximum Gasteiger partial charge on any atom is 0.319 e. The Morgan fingerprint density at radius 2 is 2.21 bits per heavy atom. The first kappa shape index (κ1) is 16.3. The van der Waals surface area contributed by atoms with E-state index in [-0.39, 0.29) is 12.6 Å². The van der Waals surface area contributed by atoms with E-state index < -0.39 is 5.60 Å². The number of aryl methyl sites for hydroxylation is 1. The topological polar surface area (TPSA) is 61.4 Å². The van der Waals surface area contributed by atoms with Crippen molar-refractivity contribution < 1.29 is 9.90 Å². The van der Waals surface area contributed by atoms with Crippen molar-refractivity contribution in [2.45, 2.75) is 19.4 Å². The Bertz CT molecular complexity index is 452. The smallest absolute Gasteiger partial charge is 0.319 e. The van der Waals surface area contributed by atoms with Crippen LogP contribution in [-0.4, -0.2) is 35.3 Å². The second-order valence-electron chi connectivity index (χ2n) is 4.72. The van der Waals surface area contributed by atoms with Gasteiger partial charge in [0.05, 0.1) is 11.3 Å². The molecule has 2 amide bonds. The Labute approximate surface area is 126 Å². The van der Waals surface area contributed by atoms with Crippen molar-refractivity contribution in [3.63, 3.8) is 0 Å². The molecular formula is C13H19BrN2O2S. The van der Waals surface area contributed by atoms with Gasteiger partial charge >= 0.3 is 6.03 Å². The number of rotatable bonds is 5. The first-order valence-corrected chi connectivity index (χ1v) is 8.05. The van der Waals surface area contributed by atoms with Crippen molar-refractivity contribution in [1.82, 2.24) is 5.32 Å². The standard InChI is InChI=1S/C13H19BrN2O2S/c1-9-4-5-11(10(14)6-9)16-12(17)15-7-13(2,18)8-19-3/h4-6,18H,7-8H2,1-3H3,(H2,15,16,17)/t13-/m0/s1. The van der Waals surface area contributed by atoms with Crippen molar-refractivity contribution in [3.8, 4) is 0 Å². The minimum Gasteiger partial charge on any atom is -0.387 e. The molecule has 0 aliphatic heterocycles. The normalized spacial score (nSPS) is 13.7. The van der Waals surface area contributed by atoms with Crippen LogP contribution in [0.5, 0.6) is 0 Å². The highest BCUT2D eigenvalue weighted by Crippen LogP contribution is 2.23. The van der Waals surface area contributed by atoms with Crippen molar-refractivity contribution >= 4 is 39.4 Å². The summed E-state index contributed by atoms with van der Waals surface area (Å²) in [5, 5.41) is 15.3. The van der Waals surface area contributed by atoms with Crippen LogP contribution in [0.15, 0.2) is 22.7 Å². The fourth-order valence-corrected chi connectivity index (χ4v) is 2.84. The molecule has 0 saturated heterocycles. The number of nitrogens with one attached hydrogen (secondary N) is 2. The molecule has 0 unspecified atom stereocenters. The maximum absolute atomic E-state index is 11.7. The first-order valence-electron chi connectivity index (χ1n) is 5.86. The van der Waals surface area contributed by atoms with Crippen molar-refractivity contribution in [3.05, 3.63) is 28.2 Å². The van der Waals surface area contributed by atoms with Gasteiger partial charge in [-0.15, -0.1) is 0 Å². The molecule has 0 aliphatic carbocycles. The van der Waals surface area contributed by atoms with Crippen molar-refractivity contribution in [1.29, 1.82) is 0 Å². The van der Waals surface area contributed by atoms with Crippen LogP contribution < -0.4 is 10.6 Å². The average Bonchev–Trinajstić information content (AvgIpc) is 2.30. The molecule has 0 fully saturated rings. The van der Waals surface area contributed by atoms with Gasteiger partial charge in [-0.2, -0.15) is 11.8 Å². The predicted molar refractivity (Wildman–Crippen MR) is 84.9 cm³/mol. The molecule has 6 heteroatoms. The van der Waals surface area contributed by atoms with Crippen LogP contribution in [0, 0.1) is 6.92 Å². The van der Waals surface area contributed by atoms with E-state index in [1.807, 2.05) is 31.4 Å². The molecule has 19 heavy (non-hydrogen) atoms. The molecule has 0 spiro atoms. The van der Waals surface area contributed by atoms with Crippen LogP contribution in [-0.2, 0) is 0 Å². The van der Waals surface area contributed by atoms with E-state index in [9.17, 15) is 9.90 Å². The highest BCUT2D eigenvalue weighted by Gasteiger charge is 2.20. The Hall–Kier alpha value is -0.720. The average molecular weight is 347 g/mol. The van der Waals surface area contributed by atoms with Crippen LogP contribution in [0.1, 0.15) is 12.5 Å². The summed E-state index contributed by atoms with van der Waals surface area (Å²) >= 11 is 4.93. The zero-order valence-electron chi connectivity index (χ0n) is 11.3. The molecular weight excluding hydrogens is 328 g/mol. The SMILES string of the molecule is CSC[C@@](C)(O)CNC(=O)Nc1ccc(C)cc1Br. The van der Waals surface area contributed by atoms with Gasteiger partial charge in [0.15, 0.2) is 0 Å². The number of benzene rings is 1. The summed E-state index contributed by atoms with van der Waals surface area (Å²) in [6, 6.07) is 5.36. The van der Waals surface area contributed by atoms with E-state index in [2.05, 4.69) is 26.6 Å². The summed E-state index contributed by atoms with van der Waals surface area (Å²) in [7, 11) is 0. The zero-order chi connectivity index (χ0) is 14.5. The summed E-state index contributed by atoms with van der Waals surface area (Å²) in [6.07, 6.45) is 1.91. The number of carbonyl (C=O) groups is 1. The first-order chi connectivity index (χ1) is 8.84.